The van der Waals surface area contributed by atoms with E-state index in [1.165, 1.54) is 11.8 Å². The number of anilines is 2. The van der Waals surface area contributed by atoms with Crippen molar-refractivity contribution in [3.05, 3.63) is 65.5 Å². The highest BCUT2D eigenvalue weighted by Gasteiger charge is 2.12. The molecule has 2 amide bonds. The van der Waals surface area contributed by atoms with Crippen LogP contribution >= 0.6 is 11.8 Å². The molecule has 29 heavy (non-hydrogen) atoms. The fraction of sp³-hybridized carbons (Fsp3) is 0.238. The maximum absolute atomic E-state index is 12.7. The number of aromatic nitrogens is 3. The maximum atomic E-state index is 12.7. The number of amides is 2. The zero-order chi connectivity index (χ0) is 20.8. The van der Waals surface area contributed by atoms with Crippen molar-refractivity contribution in [2.75, 3.05) is 16.4 Å². The van der Waals surface area contributed by atoms with Crippen LogP contribution in [0.4, 0.5) is 11.4 Å². The van der Waals surface area contributed by atoms with Crippen molar-refractivity contribution in [1.29, 1.82) is 0 Å². The fourth-order valence-electron chi connectivity index (χ4n) is 2.86. The normalized spacial score (nSPS) is 10.6. The summed E-state index contributed by atoms with van der Waals surface area (Å²) in [7, 11) is 1.82. The molecule has 0 unspecified atom stereocenters. The Morgan fingerprint density at radius 2 is 1.93 bits per heavy atom. The lowest BCUT2D eigenvalue weighted by Gasteiger charge is -2.13. The molecule has 0 fully saturated rings. The molecule has 1 heterocycles. The van der Waals surface area contributed by atoms with E-state index in [0.717, 1.165) is 23.2 Å². The number of hydrogen-bond acceptors (Lipinski definition) is 5. The SMILES string of the molecule is CCc1cccc(C)c1NC(=O)c1cccc(NC(=O)CSc2nncn2C)c1. The topological polar surface area (TPSA) is 88.9 Å². The molecule has 0 radical (unpaired) electrons. The molecule has 3 rings (SSSR count). The van der Waals surface area contributed by atoms with E-state index in [0.29, 0.717) is 16.4 Å². The monoisotopic (exact) mass is 409 g/mol. The van der Waals surface area contributed by atoms with Gasteiger partial charge in [-0.2, -0.15) is 0 Å². The van der Waals surface area contributed by atoms with Crippen LogP contribution in [0.3, 0.4) is 0 Å². The molecule has 0 atom stereocenters. The fourth-order valence-corrected chi connectivity index (χ4v) is 3.54. The Labute approximate surface area is 173 Å². The van der Waals surface area contributed by atoms with E-state index >= 15 is 0 Å². The van der Waals surface area contributed by atoms with Gasteiger partial charge < -0.3 is 15.2 Å². The highest BCUT2D eigenvalue weighted by molar-refractivity contribution is 7.99. The summed E-state index contributed by atoms with van der Waals surface area (Å²) in [5.74, 6) is -0.187. The Morgan fingerprint density at radius 1 is 1.14 bits per heavy atom. The summed E-state index contributed by atoms with van der Waals surface area (Å²) in [6.45, 7) is 4.03. The van der Waals surface area contributed by atoms with E-state index in [1.807, 2.05) is 32.2 Å². The third-order valence-corrected chi connectivity index (χ3v) is 5.42. The minimum absolute atomic E-state index is 0.178. The molecule has 8 heteroatoms. The van der Waals surface area contributed by atoms with Crippen LogP contribution in [-0.2, 0) is 18.3 Å². The Bertz CT molecular complexity index is 1030. The van der Waals surface area contributed by atoms with Gasteiger partial charge in [0, 0.05) is 24.0 Å². The predicted octanol–water partition coefficient (Wildman–Crippen LogP) is 3.67. The summed E-state index contributed by atoms with van der Waals surface area (Å²) in [6, 6.07) is 12.9. The minimum atomic E-state index is -0.210. The Hall–Kier alpha value is -3.13. The molecule has 0 spiro atoms. The van der Waals surface area contributed by atoms with Crippen LogP contribution in [0.25, 0.3) is 0 Å². The van der Waals surface area contributed by atoms with E-state index in [4.69, 9.17) is 0 Å². The quantitative estimate of drug-likeness (QED) is 0.581. The molecular formula is C21H23N5O2S. The van der Waals surface area contributed by atoms with Gasteiger partial charge in [-0.3, -0.25) is 9.59 Å². The van der Waals surface area contributed by atoms with Crippen LogP contribution in [0, 0.1) is 6.92 Å². The van der Waals surface area contributed by atoms with E-state index in [9.17, 15) is 9.59 Å². The second-order valence-corrected chi connectivity index (χ2v) is 7.50. The van der Waals surface area contributed by atoms with Gasteiger partial charge in [-0.05, 0) is 42.7 Å². The number of rotatable bonds is 7. The molecule has 0 aliphatic carbocycles. The van der Waals surface area contributed by atoms with Gasteiger partial charge in [0.05, 0.1) is 5.75 Å². The van der Waals surface area contributed by atoms with Crippen LogP contribution in [0.1, 0.15) is 28.4 Å². The molecule has 0 saturated heterocycles. The Balaban J connectivity index is 1.65. The molecule has 0 bridgehead atoms. The first-order valence-corrected chi connectivity index (χ1v) is 10.2. The predicted molar refractivity (Wildman–Crippen MR) is 115 cm³/mol. The molecule has 150 valence electrons. The van der Waals surface area contributed by atoms with Gasteiger partial charge in [0.25, 0.3) is 5.91 Å². The number of para-hydroxylation sites is 1. The number of nitrogens with one attached hydrogen (secondary N) is 2. The maximum Gasteiger partial charge on any atom is 0.255 e. The minimum Gasteiger partial charge on any atom is -0.325 e. The molecule has 7 nitrogen and oxygen atoms in total. The number of carbonyl (C=O) groups is 2. The standard InChI is InChI=1S/C21H23N5O2S/c1-4-15-8-5-7-14(2)19(15)24-20(28)16-9-6-10-17(11-16)23-18(27)12-29-21-25-22-13-26(21)3/h5-11,13H,4,12H2,1-3H3,(H,23,27)(H,24,28). The summed E-state index contributed by atoms with van der Waals surface area (Å²) in [6.07, 6.45) is 2.41. The molecule has 1 aromatic heterocycles. The van der Waals surface area contributed by atoms with Crippen molar-refractivity contribution >= 4 is 35.0 Å². The summed E-state index contributed by atoms with van der Waals surface area (Å²) in [5.41, 5.74) is 4.00. The number of carbonyl (C=O) groups excluding carboxylic acids is 2. The van der Waals surface area contributed by atoms with Crippen molar-refractivity contribution in [2.24, 2.45) is 7.05 Å². The first kappa shape index (κ1) is 20.6. The van der Waals surface area contributed by atoms with Crippen LogP contribution < -0.4 is 10.6 Å². The van der Waals surface area contributed by atoms with Crippen LogP contribution in [-0.4, -0.2) is 32.3 Å². The van der Waals surface area contributed by atoms with E-state index in [-0.39, 0.29) is 17.6 Å². The smallest absolute Gasteiger partial charge is 0.255 e. The summed E-state index contributed by atoms with van der Waals surface area (Å²) >= 11 is 1.30. The van der Waals surface area contributed by atoms with Gasteiger partial charge in [-0.1, -0.05) is 43.0 Å². The van der Waals surface area contributed by atoms with Gasteiger partial charge in [0.2, 0.25) is 5.91 Å². The highest BCUT2D eigenvalue weighted by Crippen LogP contribution is 2.22. The zero-order valence-electron chi connectivity index (χ0n) is 16.6. The molecule has 2 N–H and O–H groups in total. The van der Waals surface area contributed by atoms with E-state index in [2.05, 4.69) is 27.8 Å². The summed E-state index contributed by atoms with van der Waals surface area (Å²) < 4.78 is 1.75. The van der Waals surface area contributed by atoms with Crippen molar-refractivity contribution in [1.82, 2.24) is 14.8 Å². The third-order valence-electron chi connectivity index (χ3n) is 4.39. The highest BCUT2D eigenvalue weighted by atomic mass is 32.2. The molecule has 0 saturated carbocycles. The lowest BCUT2D eigenvalue weighted by atomic mass is 10.1. The summed E-state index contributed by atoms with van der Waals surface area (Å²) in [5, 5.41) is 14.2. The molecule has 2 aromatic carbocycles. The first-order valence-electron chi connectivity index (χ1n) is 9.24. The number of nitrogens with zero attached hydrogens (tertiary/aromatic N) is 3. The molecule has 0 aliphatic heterocycles. The number of benzene rings is 2. The number of thioether (sulfide) groups is 1. The van der Waals surface area contributed by atoms with Gasteiger partial charge in [-0.25, -0.2) is 0 Å². The van der Waals surface area contributed by atoms with Crippen molar-refractivity contribution in [3.63, 3.8) is 0 Å². The average Bonchev–Trinajstić information content (AvgIpc) is 3.13. The second-order valence-electron chi connectivity index (χ2n) is 6.56. The average molecular weight is 410 g/mol. The van der Waals surface area contributed by atoms with Crippen molar-refractivity contribution < 1.29 is 9.59 Å². The van der Waals surface area contributed by atoms with E-state index < -0.39 is 0 Å². The lowest BCUT2D eigenvalue weighted by Crippen LogP contribution is -2.17. The lowest BCUT2D eigenvalue weighted by molar-refractivity contribution is -0.113. The third kappa shape index (κ3) is 5.23. The van der Waals surface area contributed by atoms with Gasteiger partial charge >= 0.3 is 0 Å². The summed E-state index contributed by atoms with van der Waals surface area (Å²) in [4.78, 5) is 25.0. The Morgan fingerprint density at radius 3 is 2.66 bits per heavy atom. The zero-order valence-corrected chi connectivity index (χ0v) is 17.4. The van der Waals surface area contributed by atoms with Crippen molar-refractivity contribution in [2.45, 2.75) is 25.4 Å². The first-order chi connectivity index (χ1) is 14.0. The molecular weight excluding hydrogens is 386 g/mol. The molecule has 3 aromatic rings. The largest absolute Gasteiger partial charge is 0.325 e. The van der Waals surface area contributed by atoms with E-state index in [1.54, 1.807) is 35.2 Å². The van der Waals surface area contributed by atoms with Gasteiger partial charge in [-0.15, -0.1) is 10.2 Å². The number of hydrogen-bond donors (Lipinski definition) is 2. The number of aryl methyl sites for hydroxylation is 3. The van der Waals surface area contributed by atoms with Crippen LogP contribution in [0.5, 0.6) is 0 Å². The Kier molecular flexibility index (Phi) is 6.66. The van der Waals surface area contributed by atoms with Gasteiger partial charge in [0.15, 0.2) is 5.16 Å². The van der Waals surface area contributed by atoms with Gasteiger partial charge in [0.1, 0.15) is 6.33 Å². The van der Waals surface area contributed by atoms with Crippen LogP contribution in [0.15, 0.2) is 53.9 Å². The van der Waals surface area contributed by atoms with Crippen molar-refractivity contribution in [3.8, 4) is 0 Å². The van der Waals surface area contributed by atoms with Crippen LogP contribution in [0.2, 0.25) is 0 Å². The molecule has 0 aliphatic rings. The second kappa shape index (κ2) is 9.38.